The van der Waals surface area contributed by atoms with E-state index in [9.17, 15) is 4.79 Å². The van der Waals surface area contributed by atoms with Crippen LogP contribution in [-0.2, 0) is 0 Å². The first kappa shape index (κ1) is 19.7. The van der Waals surface area contributed by atoms with Crippen molar-refractivity contribution in [3.63, 3.8) is 0 Å². The predicted octanol–water partition coefficient (Wildman–Crippen LogP) is 6.32. The van der Waals surface area contributed by atoms with Gasteiger partial charge in [0.1, 0.15) is 0 Å². The lowest BCUT2D eigenvalue weighted by Crippen LogP contribution is -2.16. The van der Waals surface area contributed by atoms with Gasteiger partial charge in [-0.25, -0.2) is 0 Å². The van der Waals surface area contributed by atoms with Gasteiger partial charge in [0.15, 0.2) is 17.3 Å². The number of carbonyl (C=O) groups excluding carboxylic acids is 1. The summed E-state index contributed by atoms with van der Waals surface area (Å²) in [4.78, 5) is 13.9. The first-order valence-electron chi connectivity index (χ1n) is 10.7. The Labute approximate surface area is 182 Å². The zero-order chi connectivity index (χ0) is 21.8. The highest BCUT2D eigenvalue weighted by Crippen LogP contribution is 2.51. The number of ketones is 1. The third-order valence-corrected chi connectivity index (χ3v) is 6.53. The van der Waals surface area contributed by atoms with Crippen LogP contribution in [0.15, 0.2) is 65.7 Å². The fourth-order valence-electron chi connectivity index (χ4n) is 5.13. The topological polar surface area (TPSA) is 47.6 Å². The number of methoxy groups -OCH3 is 2. The van der Waals surface area contributed by atoms with Crippen LogP contribution < -0.4 is 14.8 Å². The third kappa shape index (κ3) is 3.18. The Balaban J connectivity index is 1.73. The average molecular weight is 414 g/mol. The zero-order valence-corrected chi connectivity index (χ0v) is 18.4. The second-order valence-corrected chi connectivity index (χ2v) is 9.25. The van der Waals surface area contributed by atoms with E-state index in [2.05, 4.69) is 37.4 Å². The summed E-state index contributed by atoms with van der Waals surface area (Å²) in [5.41, 5.74) is 4.92. The minimum atomic E-state index is -0.0945. The van der Waals surface area contributed by atoms with Crippen LogP contribution in [0.4, 0.5) is 5.69 Å². The van der Waals surface area contributed by atoms with Crippen LogP contribution in [0.3, 0.4) is 0 Å². The van der Waals surface area contributed by atoms with Crippen LogP contribution in [0, 0.1) is 5.41 Å². The molecule has 31 heavy (non-hydrogen) atoms. The van der Waals surface area contributed by atoms with Crippen molar-refractivity contribution in [1.29, 1.82) is 0 Å². The van der Waals surface area contributed by atoms with Crippen LogP contribution >= 0.6 is 0 Å². The van der Waals surface area contributed by atoms with E-state index in [1.165, 1.54) is 5.57 Å². The first-order valence-corrected chi connectivity index (χ1v) is 10.7. The Bertz CT molecular complexity index is 1240. The van der Waals surface area contributed by atoms with Gasteiger partial charge in [-0.05, 0) is 58.4 Å². The van der Waals surface area contributed by atoms with Gasteiger partial charge in [-0.1, -0.05) is 50.2 Å². The summed E-state index contributed by atoms with van der Waals surface area (Å²) in [5.74, 6) is 1.54. The fraction of sp³-hybridized carbons (Fsp3) is 0.296. The average Bonchev–Trinajstić information content (AvgIpc) is 3.05. The highest BCUT2D eigenvalue weighted by Gasteiger charge is 2.40. The maximum atomic E-state index is 13.9. The number of ether oxygens (including phenoxy) is 2. The monoisotopic (exact) mass is 413 g/mol. The van der Waals surface area contributed by atoms with Crippen LogP contribution in [-0.4, -0.2) is 20.0 Å². The van der Waals surface area contributed by atoms with Gasteiger partial charge in [-0.2, -0.15) is 0 Å². The fourth-order valence-corrected chi connectivity index (χ4v) is 5.13. The minimum Gasteiger partial charge on any atom is -0.493 e. The number of Topliss-reactive ketones (excluding diaryl/α,β-unsaturated/α-hetero) is 1. The van der Waals surface area contributed by atoms with Gasteiger partial charge in [0.2, 0.25) is 0 Å². The molecule has 4 nitrogen and oxygen atoms in total. The summed E-state index contributed by atoms with van der Waals surface area (Å²) in [5, 5.41) is 5.81. The smallest absolute Gasteiger partial charge is 0.191 e. The van der Waals surface area contributed by atoms with Gasteiger partial charge in [0, 0.05) is 11.3 Å². The predicted molar refractivity (Wildman–Crippen MR) is 124 cm³/mol. The second kappa shape index (κ2) is 7.16. The standard InChI is InChI=1S/C27H27NO3/c1-27(2)14-19-20(15-27)26(29)24-18-8-6-5-7-16(18)9-11-21(24)28-25(19)17-10-12-22(30-3)23(13-17)31-4/h5-13,25,28H,14-15H2,1-4H3. The molecule has 1 aliphatic carbocycles. The SMILES string of the molecule is COc1ccc(C2Nc3ccc4ccccc4c3C(=O)C3=C2CC(C)(C)C3)cc1OC. The molecule has 2 aliphatic rings. The number of benzene rings is 3. The molecule has 0 bridgehead atoms. The Morgan fingerprint density at radius 2 is 1.71 bits per heavy atom. The molecule has 3 aromatic rings. The summed E-state index contributed by atoms with van der Waals surface area (Å²) in [6, 6.07) is 18.2. The molecule has 0 spiro atoms. The van der Waals surface area contributed by atoms with Crippen molar-refractivity contribution < 1.29 is 14.3 Å². The molecule has 0 radical (unpaired) electrons. The van der Waals surface area contributed by atoms with Crippen molar-refractivity contribution in [1.82, 2.24) is 0 Å². The van der Waals surface area contributed by atoms with Crippen molar-refractivity contribution in [2.75, 3.05) is 19.5 Å². The van der Waals surface area contributed by atoms with Crippen LogP contribution in [0.25, 0.3) is 10.8 Å². The van der Waals surface area contributed by atoms with Crippen molar-refractivity contribution >= 4 is 22.2 Å². The molecule has 0 fully saturated rings. The number of rotatable bonds is 3. The molecule has 0 aromatic heterocycles. The maximum Gasteiger partial charge on any atom is 0.191 e. The number of hydrogen-bond acceptors (Lipinski definition) is 4. The van der Waals surface area contributed by atoms with E-state index in [4.69, 9.17) is 9.47 Å². The maximum absolute atomic E-state index is 13.9. The van der Waals surface area contributed by atoms with E-state index in [1.54, 1.807) is 14.2 Å². The molecule has 0 amide bonds. The summed E-state index contributed by atoms with van der Waals surface area (Å²) in [6.45, 7) is 4.48. The van der Waals surface area contributed by atoms with Crippen LogP contribution in [0.5, 0.6) is 11.5 Å². The largest absolute Gasteiger partial charge is 0.493 e. The van der Waals surface area contributed by atoms with Crippen molar-refractivity contribution in [3.05, 3.63) is 76.9 Å². The molecule has 1 unspecified atom stereocenters. The first-order chi connectivity index (χ1) is 14.9. The van der Waals surface area contributed by atoms with E-state index in [-0.39, 0.29) is 17.2 Å². The number of carbonyl (C=O) groups is 1. The lowest BCUT2D eigenvalue weighted by atomic mass is 9.86. The van der Waals surface area contributed by atoms with E-state index >= 15 is 0 Å². The lowest BCUT2D eigenvalue weighted by Gasteiger charge is -2.25. The van der Waals surface area contributed by atoms with Gasteiger partial charge >= 0.3 is 0 Å². The van der Waals surface area contributed by atoms with Crippen molar-refractivity contribution in [2.24, 2.45) is 5.41 Å². The molecule has 0 saturated carbocycles. The number of anilines is 1. The number of nitrogens with one attached hydrogen (secondary N) is 1. The molecule has 1 atom stereocenters. The van der Waals surface area contributed by atoms with Crippen LogP contribution in [0.2, 0.25) is 0 Å². The van der Waals surface area contributed by atoms with Gasteiger partial charge < -0.3 is 14.8 Å². The summed E-state index contributed by atoms with van der Waals surface area (Å²) in [6.07, 6.45) is 1.67. The molecule has 1 N–H and O–H groups in total. The number of allylic oxidation sites excluding steroid dienone is 1. The van der Waals surface area contributed by atoms with Gasteiger partial charge in [-0.15, -0.1) is 0 Å². The molecule has 4 heteroatoms. The Morgan fingerprint density at radius 1 is 0.935 bits per heavy atom. The molecule has 158 valence electrons. The van der Waals surface area contributed by atoms with E-state index < -0.39 is 0 Å². The van der Waals surface area contributed by atoms with Gasteiger partial charge in [0.05, 0.1) is 25.8 Å². The van der Waals surface area contributed by atoms with E-state index in [0.717, 1.165) is 46.0 Å². The third-order valence-electron chi connectivity index (χ3n) is 6.53. The normalized spacial score (nSPS) is 19.5. The van der Waals surface area contributed by atoms with Gasteiger partial charge in [-0.3, -0.25) is 4.79 Å². The Morgan fingerprint density at radius 3 is 2.48 bits per heavy atom. The zero-order valence-electron chi connectivity index (χ0n) is 18.4. The summed E-state index contributed by atoms with van der Waals surface area (Å²) < 4.78 is 11.0. The number of hydrogen-bond donors (Lipinski definition) is 1. The Kier molecular flexibility index (Phi) is 4.54. The highest BCUT2D eigenvalue weighted by atomic mass is 16.5. The van der Waals surface area contributed by atoms with Gasteiger partial charge in [0.25, 0.3) is 0 Å². The quantitative estimate of drug-likeness (QED) is 0.546. The molecule has 0 saturated heterocycles. The molecular formula is C27H27NO3. The van der Waals surface area contributed by atoms with Crippen molar-refractivity contribution in [2.45, 2.75) is 32.7 Å². The lowest BCUT2D eigenvalue weighted by molar-refractivity contribution is 0.103. The van der Waals surface area contributed by atoms with Crippen molar-refractivity contribution in [3.8, 4) is 11.5 Å². The molecule has 1 heterocycles. The summed E-state index contributed by atoms with van der Waals surface area (Å²) >= 11 is 0. The molecular weight excluding hydrogens is 386 g/mol. The summed E-state index contributed by atoms with van der Waals surface area (Å²) in [7, 11) is 3.29. The second-order valence-electron chi connectivity index (χ2n) is 9.25. The van der Waals surface area contributed by atoms with E-state index in [1.807, 2.05) is 36.4 Å². The van der Waals surface area contributed by atoms with Crippen LogP contribution in [0.1, 0.15) is 48.7 Å². The van der Waals surface area contributed by atoms with E-state index in [0.29, 0.717) is 11.5 Å². The minimum absolute atomic E-state index is 0.0545. The molecule has 3 aromatic carbocycles. The molecule has 5 rings (SSSR count). The molecule has 1 aliphatic heterocycles. The number of fused-ring (bicyclic) bond motifs is 3. The highest BCUT2D eigenvalue weighted by molar-refractivity contribution is 6.21. The Hall–Kier alpha value is -3.27.